The number of unbranched alkanes of at least 4 members (excludes halogenated alkanes) is 1. The number of carbonyl (C=O) groups is 1. The highest BCUT2D eigenvalue weighted by Crippen LogP contribution is 2.27. The average Bonchev–Trinajstić information content (AvgIpc) is 2.33. The van der Waals surface area contributed by atoms with E-state index in [0.717, 1.165) is 35.1 Å². The summed E-state index contributed by atoms with van der Waals surface area (Å²) >= 11 is 3.49. The number of halogens is 1. The molecule has 0 radical (unpaired) electrons. The predicted octanol–water partition coefficient (Wildman–Crippen LogP) is 2.00. The Morgan fingerprint density at radius 2 is 2.17 bits per heavy atom. The lowest BCUT2D eigenvalue weighted by molar-refractivity contribution is -0.116. The fourth-order valence-corrected chi connectivity index (χ4v) is 2.38. The van der Waals surface area contributed by atoms with Crippen molar-refractivity contribution in [3.05, 3.63) is 28.2 Å². The van der Waals surface area contributed by atoms with Gasteiger partial charge in [-0.15, -0.1) is 0 Å². The molecule has 0 bridgehead atoms. The van der Waals surface area contributed by atoms with Gasteiger partial charge in [0.1, 0.15) is 0 Å². The van der Waals surface area contributed by atoms with E-state index >= 15 is 0 Å². The molecule has 0 aliphatic carbocycles. The summed E-state index contributed by atoms with van der Waals surface area (Å²) in [6.45, 7) is 3.58. The number of benzene rings is 1. The average molecular weight is 314 g/mol. The van der Waals surface area contributed by atoms with Crippen LogP contribution >= 0.6 is 15.9 Å². The minimum absolute atomic E-state index is 0.226. The summed E-state index contributed by atoms with van der Waals surface area (Å²) in [6.07, 6.45) is 2.09. The van der Waals surface area contributed by atoms with Crippen molar-refractivity contribution in [2.45, 2.75) is 26.3 Å². The van der Waals surface area contributed by atoms with Crippen molar-refractivity contribution in [3.8, 4) is 0 Å². The van der Waals surface area contributed by atoms with Crippen LogP contribution in [0.25, 0.3) is 0 Å². The van der Waals surface area contributed by atoms with Crippen LogP contribution < -0.4 is 16.4 Å². The van der Waals surface area contributed by atoms with Gasteiger partial charge in [-0.05, 0) is 18.6 Å². The van der Waals surface area contributed by atoms with E-state index in [4.69, 9.17) is 11.5 Å². The van der Waals surface area contributed by atoms with Crippen LogP contribution in [0.15, 0.2) is 22.7 Å². The first-order valence-corrected chi connectivity index (χ1v) is 6.90. The predicted molar refractivity (Wildman–Crippen MR) is 78.3 cm³/mol. The monoisotopic (exact) mass is 313 g/mol. The number of hydrogen-bond acceptors (Lipinski definition) is 3. The first-order chi connectivity index (χ1) is 8.60. The lowest BCUT2D eigenvalue weighted by atomic mass is 10.1. The number of anilines is 1. The number of primary amides is 1. The van der Waals surface area contributed by atoms with E-state index < -0.39 is 0 Å². The molecule has 0 saturated heterocycles. The molecule has 4 nitrogen and oxygen atoms in total. The van der Waals surface area contributed by atoms with E-state index in [1.165, 1.54) is 0 Å². The molecular weight excluding hydrogens is 294 g/mol. The Balaban J connectivity index is 3.03. The molecule has 0 fully saturated rings. The van der Waals surface area contributed by atoms with Crippen LogP contribution in [0.1, 0.15) is 25.3 Å². The zero-order valence-electron chi connectivity index (χ0n) is 10.7. The molecule has 4 N–H and O–H groups in total. The van der Waals surface area contributed by atoms with Crippen LogP contribution in [0.3, 0.4) is 0 Å². The molecule has 0 saturated carbocycles. The molecule has 0 atom stereocenters. The van der Waals surface area contributed by atoms with Crippen molar-refractivity contribution < 1.29 is 4.79 Å². The second kappa shape index (κ2) is 7.38. The third kappa shape index (κ3) is 3.99. The molecule has 0 aromatic heterocycles. The molecule has 100 valence electrons. The Morgan fingerprint density at radius 3 is 2.72 bits per heavy atom. The normalized spacial score (nSPS) is 10.4. The van der Waals surface area contributed by atoms with Gasteiger partial charge >= 0.3 is 0 Å². The van der Waals surface area contributed by atoms with Crippen molar-refractivity contribution >= 4 is 27.5 Å². The van der Waals surface area contributed by atoms with E-state index in [2.05, 4.69) is 22.9 Å². The smallest absolute Gasteiger partial charge is 0.236 e. The summed E-state index contributed by atoms with van der Waals surface area (Å²) in [4.78, 5) is 13.2. The Labute approximate surface area is 116 Å². The highest BCUT2D eigenvalue weighted by Gasteiger charge is 2.14. The summed E-state index contributed by atoms with van der Waals surface area (Å²) in [5.41, 5.74) is 13.1. The SMILES string of the molecule is CCCCN(CC(N)=O)c1cccc(Br)c1CN. The molecule has 0 unspecified atom stereocenters. The van der Waals surface area contributed by atoms with Gasteiger partial charge < -0.3 is 16.4 Å². The number of nitrogens with zero attached hydrogens (tertiary/aromatic N) is 1. The summed E-state index contributed by atoms with van der Waals surface area (Å²) in [6, 6.07) is 5.87. The number of amides is 1. The summed E-state index contributed by atoms with van der Waals surface area (Å²) in [5.74, 6) is -0.325. The fraction of sp³-hybridized carbons (Fsp3) is 0.462. The maximum Gasteiger partial charge on any atom is 0.236 e. The lowest BCUT2D eigenvalue weighted by Crippen LogP contribution is -2.35. The van der Waals surface area contributed by atoms with Crippen molar-refractivity contribution in [3.63, 3.8) is 0 Å². The summed E-state index contributed by atoms with van der Waals surface area (Å²) < 4.78 is 0.966. The van der Waals surface area contributed by atoms with Crippen LogP contribution in [0.5, 0.6) is 0 Å². The minimum atomic E-state index is -0.325. The molecule has 1 aromatic rings. The van der Waals surface area contributed by atoms with Crippen LogP contribution in [0.2, 0.25) is 0 Å². The van der Waals surface area contributed by atoms with Gasteiger partial charge in [-0.25, -0.2) is 0 Å². The quantitative estimate of drug-likeness (QED) is 0.808. The van der Waals surface area contributed by atoms with Crippen LogP contribution in [-0.2, 0) is 11.3 Å². The lowest BCUT2D eigenvalue weighted by Gasteiger charge is -2.26. The van der Waals surface area contributed by atoms with Crippen molar-refractivity contribution in [1.29, 1.82) is 0 Å². The van der Waals surface area contributed by atoms with E-state index in [0.29, 0.717) is 6.54 Å². The van der Waals surface area contributed by atoms with Gasteiger partial charge in [0.2, 0.25) is 5.91 Å². The molecular formula is C13H20BrN3O. The second-order valence-electron chi connectivity index (χ2n) is 4.18. The molecule has 5 heteroatoms. The minimum Gasteiger partial charge on any atom is -0.368 e. The van der Waals surface area contributed by atoms with Gasteiger partial charge in [-0.2, -0.15) is 0 Å². The summed E-state index contributed by atoms with van der Waals surface area (Å²) in [5, 5.41) is 0. The van der Waals surface area contributed by atoms with Crippen LogP contribution in [-0.4, -0.2) is 19.0 Å². The summed E-state index contributed by atoms with van der Waals surface area (Å²) in [7, 11) is 0. The van der Waals surface area contributed by atoms with Crippen LogP contribution in [0, 0.1) is 0 Å². The zero-order valence-corrected chi connectivity index (χ0v) is 12.2. The first-order valence-electron chi connectivity index (χ1n) is 6.10. The van der Waals surface area contributed by atoms with E-state index in [9.17, 15) is 4.79 Å². The maximum atomic E-state index is 11.2. The Morgan fingerprint density at radius 1 is 1.44 bits per heavy atom. The van der Waals surface area contributed by atoms with E-state index in [1.54, 1.807) is 0 Å². The Bertz CT molecular complexity index is 409. The number of carbonyl (C=O) groups excluding carboxylic acids is 1. The molecule has 1 aromatic carbocycles. The fourth-order valence-electron chi connectivity index (χ4n) is 1.87. The standard InChI is InChI=1S/C13H20BrN3O/c1-2-3-7-17(9-13(16)18)12-6-4-5-11(14)10(12)8-15/h4-6H,2-3,7-9,15H2,1H3,(H2,16,18). The van der Waals surface area contributed by atoms with Gasteiger partial charge in [0.05, 0.1) is 6.54 Å². The molecule has 1 rings (SSSR count). The molecule has 1 amide bonds. The van der Waals surface area contributed by atoms with Gasteiger partial charge in [-0.3, -0.25) is 4.79 Å². The van der Waals surface area contributed by atoms with E-state index in [1.807, 2.05) is 23.1 Å². The molecule has 0 aliphatic rings. The van der Waals surface area contributed by atoms with Gasteiger partial charge in [0, 0.05) is 28.8 Å². The van der Waals surface area contributed by atoms with Gasteiger partial charge in [-0.1, -0.05) is 35.3 Å². The molecule has 18 heavy (non-hydrogen) atoms. The van der Waals surface area contributed by atoms with Crippen molar-refractivity contribution in [1.82, 2.24) is 0 Å². The largest absolute Gasteiger partial charge is 0.368 e. The second-order valence-corrected chi connectivity index (χ2v) is 5.04. The van der Waals surface area contributed by atoms with Gasteiger partial charge in [0.15, 0.2) is 0 Å². The Kier molecular flexibility index (Phi) is 6.15. The van der Waals surface area contributed by atoms with Crippen molar-refractivity contribution in [2.75, 3.05) is 18.0 Å². The van der Waals surface area contributed by atoms with Gasteiger partial charge in [0.25, 0.3) is 0 Å². The third-order valence-electron chi connectivity index (χ3n) is 2.77. The Hall–Kier alpha value is -1.07. The topological polar surface area (TPSA) is 72.3 Å². The van der Waals surface area contributed by atoms with Crippen LogP contribution in [0.4, 0.5) is 5.69 Å². The first kappa shape index (κ1) is 15.0. The third-order valence-corrected chi connectivity index (χ3v) is 3.51. The van der Waals surface area contributed by atoms with Crippen molar-refractivity contribution in [2.24, 2.45) is 11.5 Å². The highest BCUT2D eigenvalue weighted by atomic mass is 79.9. The highest BCUT2D eigenvalue weighted by molar-refractivity contribution is 9.10. The van der Waals surface area contributed by atoms with E-state index in [-0.39, 0.29) is 12.5 Å². The molecule has 0 heterocycles. The number of nitrogens with two attached hydrogens (primary N) is 2. The number of rotatable bonds is 7. The zero-order chi connectivity index (χ0) is 13.5. The number of hydrogen-bond donors (Lipinski definition) is 2. The molecule has 0 spiro atoms. The maximum absolute atomic E-state index is 11.2. The molecule has 0 aliphatic heterocycles.